The summed E-state index contributed by atoms with van der Waals surface area (Å²) in [7, 11) is 1.50. The first-order valence-electron chi connectivity index (χ1n) is 10.5. The third-order valence-corrected chi connectivity index (χ3v) is 4.81. The van der Waals surface area contributed by atoms with Crippen LogP contribution in [0.2, 0.25) is 0 Å². The van der Waals surface area contributed by atoms with Gasteiger partial charge in [0.2, 0.25) is 0 Å². The number of rotatable bonds is 9. The molecule has 34 heavy (non-hydrogen) atoms. The maximum Gasteiger partial charge on any atom is 0.266 e. The van der Waals surface area contributed by atoms with E-state index >= 15 is 0 Å². The van der Waals surface area contributed by atoms with Crippen LogP contribution in [0.3, 0.4) is 0 Å². The number of methoxy groups -OCH3 is 1. The fourth-order valence-corrected chi connectivity index (χ4v) is 3.01. The van der Waals surface area contributed by atoms with E-state index in [0.29, 0.717) is 35.1 Å². The van der Waals surface area contributed by atoms with Crippen molar-refractivity contribution in [2.75, 3.05) is 19.0 Å². The third-order valence-electron chi connectivity index (χ3n) is 4.81. The zero-order valence-electron chi connectivity index (χ0n) is 19.0. The maximum absolute atomic E-state index is 12.6. The standard InChI is InChI=1S/C28H24N2O4/c1-4-15-33-26-14-9-22(17-27(26)32-3)16-23(18-29)28(31)30-24-10-12-25(13-11-24)34-19-21-7-5-20(2)6-8-21/h1,5-14,16-17H,15,19H2,2-3H3,(H,30,31)/b23-16+. The molecule has 3 aromatic carbocycles. The molecule has 0 atom stereocenters. The van der Waals surface area contributed by atoms with Crippen molar-refractivity contribution in [1.29, 1.82) is 5.26 Å². The Hall–Kier alpha value is -4.68. The first kappa shape index (κ1) is 24.0. The third kappa shape index (κ3) is 6.66. The second kappa shape index (κ2) is 11.8. The summed E-state index contributed by atoms with van der Waals surface area (Å²) in [6.45, 7) is 2.59. The Balaban J connectivity index is 1.64. The van der Waals surface area contributed by atoms with Crippen LogP contribution < -0.4 is 19.5 Å². The summed E-state index contributed by atoms with van der Waals surface area (Å²) in [5.41, 5.74) is 3.36. The van der Waals surface area contributed by atoms with Gasteiger partial charge in [0.1, 0.15) is 30.6 Å². The molecule has 0 unspecified atom stereocenters. The highest BCUT2D eigenvalue weighted by Gasteiger charge is 2.11. The van der Waals surface area contributed by atoms with E-state index < -0.39 is 5.91 Å². The van der Waals surface area contributed by atoms with Gasteiger partial charge in [-0.1, -0.05) is 41.8 Å². The molecule has 0 saturated heterocycles. The zero-order valence-corrected chi connectivity index (χ0v) is 19.0. The molecule has 3 aromatic rings. The van der Waals surface area contributed by atoms with Gasteiger partial charge < -0.3 is 19.5 Å². The number of anilines is 1. The predicted molar refractivity (Wildman–Crippen MR) is 131 cm³/mol. The van der Waals surface area contributed by atoms with Gasteiger partial charge >= 0.3 is 0 Å². The minimum Gasteiger partial charge on any atom is -0.493 e. The number of hydrogen-bond acceptors (Lipinski definition) is 5. The number of carbonyl (C=O) groups is 1. The molecule has 0 aliphatic carbocycles. The second-order valence-electron chi connectivity index (χ2n) is 7.33. The number of terminal acetylenes is 1. The van der Waals surface area contributed by atoms with E-state index in [0.717, 1.165) is 5.56 Å². The SMILES string of the molecule is C#CCOc1ccc(/C=C(\C#N)C(=O)Nc2ccc(OCc3ccc(C)cc3)cc2)cc1OC. The van der Waals surface area contributed by atoms with Crippen molar-refractivity contribution in [2.45, 2.75) is 13.5 Å². The van der Waals surface area contributed by atoms with Crippen molar-refractivity contribution in [1.82, 2.24) is 0 Å². The van der Waals surface area contributed by atoms with Gasteiger partial charge in [-0.05, 0) is 60.5 Å². The lowest BCUT2D eigenvalue weighted by atomic mass is 10.1. The summed E-state index contributed by atoms with van der Waals surface area (Å²) >= 11 is 0. The van der Waals surface area contributed by atoms with E-state index in [1.807, 2.05) is 37.3 Å². The molecule has 0 spiro atoms. The van der Waals surface area contributed by atoms with Gasteiger partial charge in [0.25, 0.3) is 5.91 Å². The van der Waals surface area contributed by atoms with Crippen LogP contribution in [0, 0.1) is 30.6 Å². The first-order valence-corrected chi connectivity index (χ1v) is 10.5. The Morgan fingerprint density at radius 2 is 1.76 bits per heavy atom. The average Bonchev–Trinajstić information content (AvgIpc) is 2.86. The summed E-state index contributed by atoms with van der Waals surface area (Å²) in [5, 5.41) is 12.2. The number of benzene rings is 3. The molecule has 1 amide bonds. The molecule has 0 aliphatic rings. The molecule has 170 valence electrons. The van der Waals surface area contributed by atoms with Crippen LogP contribution in [0.5, 0.6) is 17.2 Å². The minimum absolute atomic E-state index is 0.0564. The van der Waals surface area contributed by atoms with Crippen molar-refractivity contribution in [3.8, 4) is 35.7 Å². The highest BCUT2D eigenvalue weighted by atomic mass is 16.5. The molecule has 1 N–H and O–H groups in total. The Morgan fingerprint density at radius 1 is 1.03 bits per heavy atom. The molecule has 0 aliphatic heterocycles. The van der Waals surface area contributed by atoms with Crippen molar-refractivity contribution in [2.24, 2.45) is 0 Å². The Kier molecular flexibility index (Phi) is 8.32. The summed E-state index contributed by atoms with van der Waals surface area (Å²) in [6.07, 6.45) is 6.69. The second-order valence-corrected chi connectivity index (χ2v) is 7.33. The monoisotopic (exact) mass is 452 g/mol. The summed E-state index contributed by atoms with van der Waals surface area (Å²) < 4.78 is 16.5. The lowest BCUT2D eigenvalue weighted by molar-refractivity contribution is -0.112. The van der Waals surface area contributed by atoms with Gasteiger partial charge in [-0.3, -0.25) is 4.79 Å². The van der Waals surface area contributed by atoms with Crippen molar-refractivity contribution < 1.29 is 19.0 Å². The minimum atomic E-state index is -0.526. The summed E-state index contributed by atoms with van der Waals surface area (Å²) in [4.78, 5) is 12.6. The molecule has 0 saturated carbocycles. The van der Waals surface area contributed by atoms with E-state index in [-0.39, 0.29) is 12.2 Å². The largest absolute Gasteiger partial charge is 0.493 e. The topological polar surface area (TPSA) is 80.6 Å². The van der Waals surface area contributed by atoms with Gasteiger partial charge in [-0.15, -0.1) is 6.42 Å². The quantitative estimate of drug-likeness (QED) is 0.276. The highest BCUT2D eigenvalue weighted by Crippen LogP contribution is 2.29. The highest BCUT2D eigenvalue weighted by molar-refractivity contribution is 6.09. The van der Waals surface area contributed by atoms with E-state index in [1.165, 1.54) is 18.7 Å². The Morgan fingerprint density at radius 3 is 2.41 bits per heavy atom. The van der Waals surface area contributed by atoms with Crippen LogP contribution in [0.15, 0.2) is 72.3 Å². The molecule has 0 radical (unpaired) electrons. The molecule has 3 rings (SSSR count). The van der Waals surface area contributed by atoms with Crippen LogP contribution >= 0.6 is 0 Å². The number of aryl methyl sites for hydroxylation is 1. The van der Waals surface area contributed by atoms with Gasteiger partial charge in [0, 0.05) is 5.69 Å². The summed E-state index contributed by atoms with van der Waals surface area (Å²) in [6, 6.07) is 22.1. The van der Waals surface area contributed by atoms with E-state index in [9.17, 15) is 10.1 Å². The summed E-state index contributed by atoms with van der Waals surface area (Å²) in [5.74, 6) is 3.46. The number of nitriles is 1. The zero-order chi connectivity index (χ0) is 24.3. The van der Waals surface area contributed by atoms with Gasteiger partial charge in [0.05, 0.1) is 7.11 Å². The van der Waals surface area contributed by atoms with Crippen LogP contribution in [-0.4, -0.2) is 19.6 Å². The van der Waals surface area contributed by atoms with Crippen LogP contribution in [0.25, 0.3) is 6.08 Å². The molecule has 6 nitrogen and oxygen atoms in total. The molecular weight excluding hydrogens is 428 g/mol. The van der Waals surface area contributed by atoms with Gasteiger partial charge in [-0.2, -0.15) is 5.26 Å². The number of nitrogens with one attached hydrogen (secondary N) is 1. The lowest BCUT2D eigenvalue weighted by Crippen LogP contribution is -2.13. The van der Waals surface area contributed by atoms with Crippen molar-refractivity contribution >= 4 is 17.7 Å². The number of amides is 1. The average molecular weight is 453 g/mol. The molecule has 0 aromatic heterocycles. The van der Waals surface area contributed by atoms with Gasteiger partial charge in [0.15, 0.2) is 11.5 Å². The molecule has 0 fully saturated rings. The maximum atomic E-state index is 12.6. The van der Waals surface area contributed by atoms with Crippen molar-refractivity contribution in [3.63, 3.8) is 0 Å². The molecule has 0 bridgehead atoms. The van der Waals surface area contributed by atoms with Crippen molar-refractivity contribution in [3.05, 3.63) is 89.0 Å². The first-order chi connectivity index (χ1) is 16.5. The number of hydrogen-bond donors (Lipinski definition) is 1. The molecule has 6 heteroatoms. The Labute approximate surface area is 199 Å². The van der Waals surface area contributed by atoms with E-state index in [2.05, 4.69) is 11.2 Å². The van der Waals surface area contributed by atoms with Gasteiger partial charge in [-0.25, -0.2) is 0 Å². The fraction of sp³-hybridized carbons (Fsp3) is 0.143. The Bertz CT molecular complexity index is 1250. The lowest BCUT2D eigenvalue weighted by Gasteiger charge is -2.10. The normalized spacial score (nSPS) is 10.5. The number of ether oxygens (including phenoxy) is 3. The van der Waals surface area contributed by atoms with E-state index in [4.69, 9.17) is 20.6 Å². The molecule has 0 heterocycles. The fourth-order valence-electron chi connectivity index (χ4n) is 3.01. The van der Waals surface area contributed by atoms with Crippen LogP contribution in [0.4, 0.5) is 5.69 Å². The van der Waals surface area contributed by atoms with E-state index in [1.54, 1.807) is 42.5 Å². The molecular formula is C28H24N2O4. The van der Waals surface area contributed by atoms with Crippen LogP contribution in [-0.2, 0) is 11.4 Å². The number of nitrogens with zero attached hydrogens (tertiary/aromatic N) is 1. The predicted octanol–water partition coefficient (Wildman–Crippen LogP) is 5.14. The smallest absolute Gasteiger partial charge is 0.266 e. The van der Waals surface area contributed by atoms with Crippen LogP contribution in [0.1, 0.15) is 16.7 Å². The number of carbonyl (C=O) groups excluding carboxylic acids is 1.